The molecule has 0 radical (unpaired) electrons. The average Bonchev–Trinajstić information content (AvgIpc) is 3.20. The van der Waals surface area contributed by atoms with Gasteiger partial charge in [0.15, 0.2) is 29.6 Å². The third-order valence-electron chi connectivity index (χ3n) is 5.69. The second-order valence-electron chi connectivity index (χ2n) is 7.93. The van der Waals surface area contributed by atoms with Crippen LogP contribution in [0.4, 0.5) is 0 Å². The zero-order valence-electron chi connectivity index (χ0n) is 19.2. The largest absolute Gasteiger partial charge is 0.493 e. The summed E-state index contributed by atoms with van der Waals surface area (Å²) < 4.78 is 27.7. The van der Waals surface area contributed by atoms with Crippen LogP contribution in [0.3, 0.4) is 0 Å². The van der Waals surface area contributed by atoms with Gasteiger partial charge in [0, 0.05) is 17.2 Å². The van der Waals surface area contributed by atoms with Crippen LogP contribution in [-0.4, -0.2) is 39.0 Å². The molecule has 2 heterocycles. The zero-order chi connectivity index (χ0) is 24.4. The van der Waals surface area contributed by atoms with Crippen molar-refractivity contribution < 1.29 is 33.3 Å². The smallest absolute Gasteiger partial charge is 0.231 e. The highest BCUT2D eigenvalue weighted by Gasteiger charge is 2.28. The number of ketones is 2. The summed E-state index contributed by atoms with van der Waals surface area (Å²) in [5.41, 5.74) is 2.65. The maximum atomic E-state index is 12.8. The molecule has 3 aromatic rings. The number of allylic oxidation sites excluding steroid dienone is 1. The first-order chi connectivity index (χ1) is 17.1. The zero-order valence-corrected chi connectivity index (χ0v) is 19.2. The Morgan fingerprint density at radius 3 is 2.63 bits per heavy atom. The maximum Gasteiger partial charge on any atom is 0.231 e. The number of hydrogen-bond acceptors (Lipinski definition) is 7. The molecule has 0 aliphatic carbocycles. The van der Waals surface area contributed by atoms with Crippen LogP contribution in [0.5, 0.6) is 28.7 Å². The summed E-state index contributed by atoms with van der Waals surface area (Å²) in [5.74, 6) is 2.38. The third kappa shape index (κ3) is 4.48. The molecule has 0 unspecified atom stereocenters. The molecule has 35 heavy (non-hydrogen) atoms. The molecule has 2 aliphatic heterocycles. The molecule has 0 aromatic heterocycles. The molecule has 3 aromatic carbocycles. The lowest BCUT2D eigenvalue weighted by Gasteiger charge is -2.15. The van der Waals surface area contributed by atoms with Crippen molar-refractivity contribution >= 4 is 17.6 Å². The third-order valence-corrected chi connectivity index (χ3v) is 5.69. The van der Waals surface area contributed by atoms with Crippen LogP contribution >= 0.6 is 0 Å². The Labute approximate surface area is 202 Å². The Morgan fingerprint density at radius 2 is 1.80 bits per heavy atom. The number of hydrogen-bond donors (Lipinski definition) is 0. The Bertz CT molecular complexity index is 1380. The minimum absolute atomic E-state index is 0.186. The fourth-order valence-electron chi connectivity index (χ4n) is 3.88. The standard InChI is InChI=1S/C28H22O7/c1-31-24-10-7-18(13-26(24)32-2)22(29)16-33-20-8-9-21-25(14-20)35-27(28(21)30)12-17-11-19-5-3-4-6-23(19)34-15-17/h3-14H,15-16H2,1-2H3. The van der Waals surface area contributed by atoms with Crippen molar-refractivity contribution in [1.29, 1.82) is 0 Å². The fourth-order valence-corrected chi connectivity index (χ4v) is 3.88. The first kappa shape index (κ1) is 22.3. The van der Waals surface area contributed by atoms with Gasteiger partial charge in [-0.1, -0.05) is 18.2 Å². The summed E-state index contributed by atoms with van der Waals surface area (Å²) in [7, 11) is 3.04. The number of Topliss-reactive ketones (excluding diaryl/α,β-unsaturated/α-hetero) is 2. The molecule has 7 heteroatoms. The van der Waals surface area contributed by atoms with Gasteiger partial charge >= 0.3 is 0 Å². The highest BCUT2D eigenvalue weighted by atomic mass is 16.5. The van der Waals surface area contributed by atoms with E-state index in [-0.39, 0.29) is 23.9 Å². The Hall–Kier alpha value is -4.52. The number of rotatable bonds is 7. The fraction of sp³-hybridized carbons (Fsp3) is 0.143. The summed E-state index contributed by atoms with van der Waals surface area (Å²) in [6, 6.07) is 17.5. The topological polar surface area (TPSA) is 80.3 Å². The molecule has 0 spiro atoms. The number of methoxy groups -OCH3 is 2. The van der Waals surface area contributed by atoms with Crippen molar-refractivity contribution in [2.75, 3.05) is 27.4 Å². The predicted molar refractivity (Wildman–Crippen MR) is 129 cm³/mol. The van der Waals surface area contributed by atoms with E-state index in [1.807, 2.05) is 30.3 Å². The molecule has 0 fully saturated rings. The lowest BCUT2D eigenvalue weighted by atomic mass is 10.1. The van der Waals surface area contributed by atoms with Crippen molar-refractivity contribution in [1.82, 2.24) is 0 Å². The molecule has 176 valence electrons. The van der Waals surface area contributed by atoms with Crippen molar-refractivity contribution in [2.45, 2.75) is 0 Å². The molecule has 0 atom stereocenters. The lowest BCUT2D eigenvalue weighted by molar-refractivity contribution is 0.0920. The predicted octanol–water partition coefficient (Wildman–Crippen LogP) is 4.90. The molecule has 5 rings (SSSR count). The van der Waals surface area contributed by atoms with E-state index in [9.17, 15) is 9.59 Å². The van der Waals surface area contributed by atoms with Gasteiger partial charge in [-0.05, 0) is 54.1 Å². The maximum absolute atomic E-state index is 12.8. The lowest BCUT2D eigenvalue weighted by Crippen LogP contribution is -2.12. The highest BCUT2D eigenvalue weighted by Crippen LogP contribution is 2.36. The van der Waals surface area contributed by atoms with Gasteiger partial charge in [0.2, 0.25) is 5.78 Å². The van der Waals surface area contributed by atoms with Crippen molar-refractivity contribution in [3.63, 3.8) is 0 Å². The normalized spacial score (nSPS) is 14.9. The van der Waals surface area contributed by atoms with Crippen LogP contribution in [0.25, 0.3) is 6.08 Å². The van der Waals surface area contributed by atoms with E-state index >= 15 is 0 Å². The Balaban J connectivity index is 1.28. The molecular weight excluding hydrogens is 448 g/mol. The van der Waals surface area contributed by atoms with Crippen LogP contribution < -0.4 is 23.7 Å². The molecular formula is C28H22O7. The van der Waals surface area contributed by atoms with Gasteiger partial charge < -0.3 is 23.7 Å². The van der Waals surface area contributed by atoms with E-state index in [0.29, 0.717) is 40.7 Å². The minimum atomic E-state index is -0.228. The second-order valence-corrected chi connectivity index (χ2v) is 7.93. The van der Waals surface area contributed by atoms with Crippen molar-refractivity contribution in [3.05, 3.63) is 94.8 Å². The number of para-hydroxylation sites is 1. The summed E-state index contributed by atoms with van der Waals surface area (Å²) in [6.45, 7) is 0.161. The molecule has 0 saturated heterocycles. The molecule has 0 amide bonds. The number of ether oxygens (including phenoxy) is 5. The SMILES string of the molecule is COc1ccc(C(=O)COc2ccc3c(c2)OC(=CC2=Cc4ccccc4OC2)C3=O)cc1OC. The van der Waals surface area contributed by atoms with Crippen molar-refractivity contribution in [3.8, 4) is 28.7 Å². The molecule has 7 nitrogen and oxygen atoms in total. The quantitative estimate of drug-likeness (QED) is 0.359. The van der Waals surface area contributed by atoms with Gasteiger partial charge in [-0.3, -0.25) is 9.59 Å². The van der Waals surface area contributed by atoms with Crippen LogP contribution in [0.2, 0.25) is 0 Å². The Morgan fingerprint density at radius 1 is 0.971 bits per heavy atom. The summed E-state index contributed by atoms with van der Waals surface area (Å²) in [5, 5.41) is 0. The van der Waals surface area contributed by atoms with Crippen molar-refractivity contribution in [2.24, 2.45) is 0 Å². The van der Waals surface area contributed by atoms with Crippen LogP contribution in [0, 0.1) is 0 Å². The minimum Gasteiger partial charge on any atom is -0.493 e. The number of benzene rings is 3. The van der Waals surface area contributed by atoms with Crippen LogP contribution in [0.1, 0.15) is 26.3 Å². The number of fused-ring (bicyclic) bond motifs is 2. The average molecular weight is 470 g/mol. The van der Waals surface area contributed by atoms with Crippen LogP contribution in [-0.2, 0) is 0 Å². The van der Waals surface area contributed by atoms with Crippen LogP contribution in [0.15, 0.2) is 78.1 Å². The van der Waals surface area contributed by atoms with Gasteiger partial charge in [-0.15, -0.1) is 0 Å². The van der Waals surface area contributed by atoms with E-state index in [4.69, 9.17) is 23.7 Å². The first-order valence-corrected chi connectivity index (χ1v) is 10.9. The van der Waals surface area contributed by atoms with Gasteiger partial charge in [-0.2, -0.15) is 0 Å². The van der Waals surface area contributed by atoms with Gasteiger partial charge in [0.1, 0.15) is 23.9 Å². The summed E-state index contributed by atoms with van der Waals surface area (Å²) in [4.78, 5) is 25.4. The van der Waals surface area contributed by atoms with E-state index in [1.54, 1.807) is 42.5 Å². The summed E-state index contributed by atoms with van der Waals surface area (Å²) in [6.07, 6.45) is 3.67. The monoisotopic (exact) mass is 470 g/mol. The second kappa shape index (κ2) is 9.38. The van der Waals surface area contributed by atoms with Gasteiger partial charge in [0.25, 0.3) is 0 Å². The van der Waals surface area contributed by atoms with Gasteiger partial charge in [0.05, 0.1) is 19.8 Å². The number of carbonyl (C=O) groups excluding carboxylic acids is 2. The molecule has 0 saturated carbocycles. The Kier molecular flexibility index (Phi) is 5.97. The van der Waals surface area contributed by atoms with Gasteiger partial charge in [-0.25, -0.2) is 0 Å². The molecule has 2 aliphatic rings. The highest BCUT2D eigenvalue weighted by molar-refractivity contribution is 6.12. The van der Waals surface area contributed by atoms with E-state index < -0.39 is 0 Å². The first-order valence-electron chi connectivity index (χ1n) is 10.9. The number of carbonyl (C=O) groups is 2. The van der Waals surface area contributed by atoms with E-state index in [0.717, 1.165) is 16.9 Å². The molecule has 0 N–H and O–H groups in total. The molecule has 0 bridgehead atoms. The van der Waals surface area contributed by atoms with E-state index in [1.165, 1.54) is 14.2 Å². The summed E-state index contributed by atoms with van der Waals surface area (Å²) >= 11 is 0. The van der Waals surface area contributed by atoms with E-state index in [2.05, 4.69) is 0 Å².